The van der Waals surface area contributed by atoms with E-state index in [0.717, 1.165) is 11.3 Å². The van der Waals surface area contributed by atoms with E-state index in [4.69, 9.17) is 4.74 Å². The summed E-state index contributed by atoms with van der Waals surface area (Å²) in [6.07, 6.45) is 1.72. The van der Waals surface area contributed by atoms with Crippen molar-refractivity contribution in [3.63, 3.8) is 0 Å². The number of pyridine rings is 2. The number of nitrogens with zero attached hydrogens (tertiary/aromatic N) is 2. The van der Waals surface area contributed by atoms with E-state index < -0.39 is 7.14 Å². The van der Waals surface area contributed by atoms with Crippen molar-refractivity contribution in [1.82, 2.24) is 19.9 Å². The average Bonchev–Trinajstić information content (AvgIpc) is 3.35. The van der Waals surface area contributed by atoms with Crippen molar-refractivity contribution in [3.05, 3.63) is 57.8 Å². The molecule has 0 bridgehead atoms. The molecule has 0 fully saturated rings. The van der Waals surface area contributed by atoms with Crippen molar-refractivity contribution in [1.29, 1.82) is 0 Å². The standard InChI is InChI=1S/C24H27N4O4PS/c1-7-25-23(29)17-10-15-16(12-28(4)24(30)21(15)27-17)22-18(11-20(34-22)33(5,6)31)32-19-9-13(2)8-14(3)26-19/h8-12,27H,7H2,1-6H3,(H,25,29). The maximum atomic E-state index is 12.9. The first kappa shape index (κ1) is 24.0. The highest BCUT2D eigenvalue weighted by atomic mass is 32.1. The van der Waals surface area contributed by atoms with Crippen LogP contribution >= 0.6 is 18.5 Å². The van der Waals surface area contributed by atoms with Crippen molar-refractivity contribution in [2.45, 2.75) is 20.8 Å². The molecule has 0 aromatic carbocycles. The number of aryl methyl sites for hydroxylation is 3. The van der Waals surface area contributed by atoms with Crippen LogP contribution in [0.25, 0.3) is 21.3 Å². The third-order valence-electron chi connectivity index (χ3n) is 5.30. The topological polar surface area (TPSA) is 106 Å². The molecule has 0 saturated carbocycles. The van der Waals surface area contributed by atoms with E-state index in [1.165, 1.54) is 15.9 Å². The number of aromatic nitrogens is 3. The molecule has 0 spiro atoms. The molecule has 0 unspecified atom stereocenters. The van der Waals surface area contributed by atoms with Crippen LogP contribution in [-0.2, 0) is 11.6 Å². The van der Waals surface area contributed by atoms with E-state index in [0.29, 0.717) is 49.8 Å². The van der Waals surface area contributed by atoms with Crippen LogP contribution < -0.4 is 20.2 Å². The summed E-state index contributed by atoms with van der Waals surface area (Å²) in [6, 6.07) is 7.25. The minimum atomic E-state index is -2.59. The van der Waals surface area contributed by atoms with Gasteiger partial charge in [-0.2, -0.15) is 0 Å². The van der Waals surface area contributed by atoms with Gasteiger partial charge in [-0.25, -0.2) is 4.98 Å². The van der Waals surface area contributed by atoms with Crippen LogP contribution in [0, 0.1) is 13.8 Å². The van der Waals surface area contributed by atoms with Gasteiger partial charge in [0.1, 0.15) is 24.1 Å². The number of rotatable bonds is 6. The number of fused-ring (bicyclic) bond motifs is 1. The molecule has 0 aliphatic rings. The minimum absolute atomic E-state index is 0.249. The molecule has 10 heteroatoms. The zero-order valence-corrected chi connectivity index (χ0v) is 21.7. The fourth-order valence-corrected chi connectivity index (χ4v) is 6.18. The van der Waals surface area contributed by atoms with Crippen LogP contribution in [0.3, 0.4) is 0 Å². The highest BCUT2D eigenvalue weighted by Gasteiger charge is 2.24. The molecule has 34 heavy (non-hydrogen) atoms. The van der Waals surface area contributed by atoms with E-state index in [1.807, 2.05) is 32.9 Å². The molecule has 178 valence electrons. The van der Waals surface area contributed by atoms with Gasteiger partial charge in [-0.3, -0.25) is 9.59 Å². The van der Waals surface area contributed by atoms with Gasteiger partial charge in [0.15, 0.2) is 0 Å². The van der Waals surface area contributed by atoms with Gasteiger partial charge in [0.05, 0.1) is 9.50 Å². The SMILES string of the molecule is CCNC(=O)c1cc2c(-c3sc(P(C)(C)=O)cc3Oc3cc(C)cc(C)n3)cn(C)c(=O)c2[nH]1. The van der Waals surface area contributed by atoms with E-state index in [9.17, 15) is 14.2 Å². The molecule has 2 N–H and O–H groups in total. The molecule has 4 aromatic rings. The summed E-state index contributed by atoms with van der Waals surface area (Å²) < 4.78 is 21.3. The van der Waals surface area contributed by atoms with E-state index in [1.54, 1.807) is 38.7 Å². The number of thiophene rings is 1. The van der Waals surface area contributed by atoms with Crippen LogP contribution in [0.4, 0.5) is 0 Å². The average molecular weight is 499 g/mol. The molecule has 4 aromatic heterocycles. The molecule has 0 aliphatic carbocycles. The Hall–Kier alpha value is -3.16. The largest absolute Gasteiger partial charge is 0.437 e. The molecule has 0 atom stereocenters. The van der Waals surface area contributed by atoms with Crippen LogP contribution in [0.15, 0.2) is 35.3 Å². The maximum Gasteiger partial charge on any atom is 0.274 e. The number of hydrogen-bond donors (Lipinski definition) is 2. The van der Waals surface area contributed by atoms with Gasteiger partial charge in [0.25, 0.3) is 11.5 Å². The number of hydrogen-bond acceptors (Lipinski definition) is 6. The Kier molecular flexibility index (Phi) is 6.27. The number of amides is 1. The molecule has 0 aliphatic heterocycles. The quantitative estimate of drug-likeness (QED) is 0.384. The van der Waals surface area contributed by atoms with Crippen molar-refractivity contribution < 1.29 is 14.1 Å². The fourth-order valence-electron chi connectivity index (χ4n) is 3.75. The van der Waals surface area contributed by atoms with Gasteiger partial charge in [-0.05, 0) is 51.8 Å². The number of nitrogens with one attached hydrogen (secondary N) is 2. The Morgan fingerprint density at radius 1 is 1.24 bits per heavy atom. The van der Waals surface area contributed by atoms with Crippen LogP contribution in [0.5, 0.6) is 11.6 Å². The Morgan fingerprint density at radius 3 is 2.62 bits per heavy atom. The van der Waals surface area contributed by atoms with Crippen molar-refractivity contribution in [2.75, 3.05) is 19.9 Å². The number of carbonyl (C=O) groups excluding carboxylic acids is 1. The number of ether oxygens (including phenoxy) is 1. The van der Waals surface area contributed by atoms with Gasteiger partial charge in [0, 0.05) is 48.6 Å². The van der Waals surface area contributed by atoms with Gasteiger partial charge in [0.2, 0.25) is 5.88 Å². The van der Waals surface area contributed by atoms with Gasteiger partial charge < -0.3 is 24.2 Å². The zero-order valence-electron chi connectivity index (χ0n) is 20.0. The second-order valence-corrected chi connectivity index (χ2v) is 13.2. The van der Waals surface area contributed by atoms with Crippen molar-refractivity contribution in [3.8, 4) is 22.1 Å². The first-order chi connectivity index (χ1) is 16.0. The Morgan fingerprint density at radius 2 is 1.97 bits per heavy atom. The lowest BCUT2D eigenvalue weighted by molar-refractivity contribution is 0.0951. The van der Waals surface area contributed by atoms with E-state index >= 15 is 0 Å². The smallest absolute Gasteiger partial charge is 0.274 e. The predicted octanol–water partition coefficient (Wildman–Crippen LogP) is 4.40. The van der Waals surface area contributed by atoms with Crippen LogP contribution in [0.2, 0.25) is 0 Å². The number of carbonyl (C=O) groups is 1. The zero-order chi connectivity index (χ0) is 24.8. The number of H-pyrrole nitrogens is 1. The molecular weight excluding hydrogens is 471 g/mol. The van der Waals surface area contributed by atoms with Gasteiger partial charge in [-0.15, -0.1) is 11.3 Å². The Balaban J connectivity index is 1.96. The summed E-state index contributed by atoms with van der Waals surface area (Å²) in [7, 11) is -0.936. The third-order valence-corrected chi connectivity index (χ3v) is 9.03. The normalized spacial score (nSPS) is 11.7. The number of aromatic amines is 1. The highest BCUT2D eigenvalue weighted by molar-refractivity contribution is 7.75. The third kappa shape index (κ3) is 4.58. The summed E-state index contributed by atoms with van der Waals surface area (Å²) in [6.45, 7) is 9.58. The molecule has 8 nitrogen and oxygen atoms in total. The van der Waals surface area contributed by atoms with Gasteiger partial charge >= 0.3 is 0 Å². The maximum absolute atomic E-state index is 12.9. The van der Waals surface area contributed by atoms with E-state index in [-0.39, 0.29) is 11.5 Å². The van der Waals surface area contributed by atoms with Crippen LogP contribution in [0.1, 0.15) is 28.7 Å². The minimum Gasteiger partial charge on any atom is -0.437 e. The molecule has 4 heterocycles. The molecule has 4 rings (SSSR count). The Labute approximate surface area is 201 Å². The first-order valence-corrected chi connectivity index (χ1v) is 14.2. The molecule has 0 radical (unpaired) electrons. The summed E-state index contributed by atoms with van der Waals surface area (Å²) in [5.74, 6) is 0.645. The second kappa shape index (κ2) is 8.89. The predicted molar refractivity (Wildman–Crippen MR) is 138 cm³/mol. The summed E-state index contributed by atoms with van der Waals surface area (Å²) in [4.78, 5) is 33.4. The van der Waals surface area contributed by atoms with Crippen molar-refractivity contribution in [2.24, 2.45) is 7.05 Å². The van der Waals surface area contributed by atoms with Crippen LogP contribution in [-0.4, -0.2) is 40.3 Å². The Bertz CT molecular complexity index is 1510. The molecule has 0 saturated heterocycles. The van der Waals surface area contributed by atoms with Crippen molar-refractivity contribution >= 4 is 39.9 Å². The molecule has 1 amide bonds. The fraction of sp³-hybridized carbons (Fsp3) is 0.292. The lowest BCUT2D eigenvalue weighted by Crippen LogP contribution is -2.23. The van der Waals surface area contributed by atoms with Gasteiger partial charge in [-0.1, -0.05) is 0 Å². The van der Waals surface area contributed by atoms with E-state index in [2.05, 4.69) is 15.3 Å². The lowest BCUT2D eigenvalue weighted by atomic mass is 10.1. The monoisotopic (exact) mass is 498 g/mol. The summed E-state index contributed by atoms with van der Waals surface area (Å²) in [5.41, 5.74) is 2.91. The first-order valence-electron chi connectivity index (χ1n) is 10.8. The second-order valence-electron chi connectivity index (χ2n) is 8.65. The molecular formula is C24H27N4O4PS. The highest BCUT2D eigenvalue weighted by Crippen LogP contribution is 2.46. The summed E-state index contributed by atoms with van der Waals surface area (Å²) in [5, 5.41) is 3.34. The summed E-state index contributed by atoms with van der Waals surface area (Å²) >= 11 is 1.36. The lowest BCUT2D eigenvalue weighted by Gasteiger charge is -2.09.